The van der Waals surface area contributed by atoms with Crippen molar-refractivity contribution in [3.05, 3.63) is 24.5 Å². The van der Waals surface area contributed by atoms with Gasteiger partial charge >= 0.3 is 0 Å². The second-order valence-electron chi connectivity index (χ2n) is 2.67. The highest BCUT2D eigenvalue weighted by Gasteiger charge is 2.07. The van der Waals surface area contributed by atoms with Gasteiger partial charge in [-0.15, -0.1) is 10.2 Å². The van der Waals surface area contributed by atoms with Crippen LogP contribution in [0, 0.1) is 0 Å². The summed E-state index contributed by atoms with van der Waals surface area (Å²) >= 11 is 0. The van der Waals surface area contributed by atoms with Crippen molar-refractivity contribution in [3.8, 4) is 17.3 Å². The Labute approximate surface area is 80.5 Å². The normalized spacial score (nSPS) is 10.1. The van der Waals surface area contributed by atoms with E-state index in [1.54, 1.807) is 24.5 Å². The molecule has 2 rings (SSSR count). The standard InChI is InChI=1S/C9H9N3O2/c1-13-9-6(10)5-7(11-12-9)8-3-2-4-14-8/h2-5H,1H3,(H2,10,11). The maximum Gasteiger partial charge on any atom is 0.256 e. The van der Waals surface area contributed by atoms with E-state index < -0.39 is 0 Å². The van der Waals surface area contributed by atoms with Gasteiger partial charge in [-0.05, 0) is 18.2 Å². The predicted octanol–water partition coefficient (Wildman–Crippen LogP) is 1.33. The lowest BCUT2D eigenvalue weighted by Crippen LogP contribution is -1.98. The fourth-order valence-corrected chi connectivity index (χ4v) is 1.10. The highest BCUT2D eigenvalue weighted by molar-refractivity contribution is 5.60. The third kappa shape index (κ3) is 1.39. The van der Waals surface area contributed by atoms with Gasteiger partial charge in [-0.2, -0.15) is 0 Å². The van der Waals surface area contributed by atoms with Gasteiger partial charge in [0, 0.05) is 0 Å². The number of nitrogens with two attached hydrogens (primary N) is 1. The van der Waals surface area contributed by atoms with E-state index in [-0.39, 0.29) is 0 Å². The van der Waals surface area contributed by atoms with Gasteiger partial charge in [0.15, 0.2) is 5.76 Å². The molecule has 0 bridgehead atoms. The number of rotatable bonds is 2. The van der Waals surface area contributed by atoms with Crippen molar-refractivity contribution in [1.29, 1.82) is 0 Å². The minimum absolute atomic E-state index is 0.320. The quantitative estimate of drug-likeness (QED) is 0.775. The predicted molar refractivity (Wildman–Crippen MR) is 50.7 cm³/mol. The lowest BCUT2D eigenvalue weighted by atomic mass is 10.3. The average molecular weight is 191 g/mol. The van der Waals surface area contributed by atoms with E-state index >= 15 is 0 Å². The van der Waals surface area contributed by atoms with Crippen LogP contribution in [-0.4, -0.2) is 17.3 Å². The topological polar surface area (TPSA) is 74.2 Å². The molecule has 0 amide bonds. The molecule has 72 valence electrons. The number of hydrogen-bond donors (Lipinski definition) is 1. The van der Waals surface area contributed by atoms with Crippen LogP contribution in [0.2, 0.25) is 0 Å². The third-order valence-electron chi connectivity index (χ3n) is 1.75. The SMILES string of the molecule is COc1nnc(-c2ccco2)cc1N. The van der Waals surface area contributed by atoms with Crippen molar-refractivity contribution in [2.24, 2.45) is 0 Å². The van der Waals surface area contributed by atoms with E-state index in [1.165, 1.54) is 7.11 Å². The molecule has 2 aromatic heterocycles. The van der Waals surface area contributed by atoms with Crippen molar-refractivity contribution in [2.75, 3.05) is 12.8 Å². The van der Waals surface area contributed by atoms with Crippen LogP contribution in [0.4, 0.5) is 5.69 Å². The Morgan fingerprint density at radius 1 is 1.43 bits per heavy atom. The lowest BCUT2D eigenvalue weighted by Gasteiger charge is -2.02. The largest absolute Gasteiger partial charge is 0.478 e. The molecule has 5 heteroatoms. The van der Waals surface area contributed by atoms with Crippen LogP contribution in [0.3, 0.4) is 0 Å². The number of ether oxygens (including phenoxy) is 1. The molecule has 0 unspecified atom stereocenters. The second kappa shape index (κ2) is 3.37. The molecule has 0 aromatic carbocycles. The van der Waals surface area contributed by atoms with Gasteiger partial charge in [0.05, 0.1) is 19.1 Å². The fraction of sp³-hybridized carbons (Fsp3) is 0.111. The molecule has 0 saturated heterocycles. The maximum atomic E-state index is 5.67. The molecule has 14 heavy (non-hydrogen) atoms. The molecule has 0 aliphatic rings. The summed E-state index contributed by atoms with van der Waals surface area (Å²) in [4.78, 5) is 0. The number of methoxy groups -OCH3 is 1. The zero-order valence-electron chi connectivity index (χ0n) is 7.60. The summed E-state index contributed by atoms with van der Waals surface area (Å²) in [7, 11) is 1.49. The summed E-state index contributed by atoms with van der Waals surface area (Å²) in [5.41, 5.74) is 6.70. The first-order valence-electron chi connectivity index (χ1n) is 4.02. The number of hydrogen-bond acceptors (Lipinski definition) is 5. The Hall–Kier alpha value is -2.04. The lowest BCUT2D eigenvalue weighted by molar-refractivity contribution is 0.394. The second-order valence-corrected chi connectivity index (χ2v) is 2.67. The van der Waals surface area contributed by atoms with Crippen molar-refractivity contribution in [3.63, 3.8) is 0 Å². The van der Waals surface area contributed by atoms with Gasteiger partial charge in [0.2, 0.25) is 0 Å². The summed E-state index contributed by atoms with van der Waals surface area (Å²) < 4.78 is 10.0. The Bertz CT molecular complexity index is 426. The monoisotopic (exact) mass is 191 g/mol. The summed E-state index contributed by atoms with van der Waals surface area (Å²) in [5, 5.41) is 7.70. The highest BCUT2D eigenvalue weighted by atomic mass is 16.5. The van der Waals surface area contributed by atoms with E-state index in [0.29, 0.717) is 23.0 Å². The summed E-state index contributed by atoms with van der Waals surface area (Å²) in [6.45, 7) is 0. The first-order chi connectivity index (χ1) is 6.81. The van der Waals surface area contributed by atoms with Crippen LogP contribution < -0.4 is 10.5 Å². The van der Waals surface area contributed by atoms with E-state index in [1.807, 2.05) is 0 Å². The molecule has 2 aromatic rings. The number of aromatic nitrogens is 2. The first kappa shape index (κ1) is 8.55. The van der Waals surface area contributed by atoms with E-state index in [9.17, 15) is 0 Å². The fourth-order valence-electron chi connectivity index (χ4n) is 1.10. The molecule has 0 spiro atoms. The Kier molecular flexibility index (Phi) is 2.06. The van der Waals surface area contributed by atoms with Crippen molar-refractivity contribution in [2.45, 2.75) is 0 Å². The van der Waals surface area contributed by atoms with Crippen LogP contribution in [0.1, 0.15) is 0 Å². The van der Waals surface area contributed by atoms with E-state index in [4.69, 9.17) is 14.9 Å². The molecular weight excluding hydrogens is 182 g/mol. The minimum atomic E-state index is 0.320. The smallest absolute Gasteiger partial charge is 0.256 e. The van der Waals surface area contributed by atoms with Gasteiger partial charge in [-0.25, -0.2) is 0 Å². The molecular formula is C9H9N3O2. The first-order valence-corrected chi connectivity index (χ1v) is 4.02. The van der Waals surface area contributed by atoms with Crippen molar-refractivity contribution in [1.82, 2.24) is 10.2 Å². The third-order valence-corrected chi connectivity index (χ3v) is 1.75. The highest BCUT2D eigenvalue weighted by Crippen LogP contribution is 2.23. The van der Waals surface area contributed by atoms with Crippen LogP contribution in [0.5, 0.6) is 5.88 Å². The van der Waals surface area contributed by atoms with Crippen molar-refractivity contribution >= 4 is 5.69 Å². The van der Waals surface area contributed by atoms with Gasteiger partial charge in [-0.1, -0.05) is 0 Å². The molecule has 0 radical (unpaired) electrons. The molecule has 5 nitrogen and oxygen atoms in total. The van der Waals surface area contributed by atoms with E-state index in [0.717, 1.165) is 0 Å². The summed E-state index contributed by atoms with van der Waals surface area (Å²) in [6.07, 6.45) is 1.57. The Balaban J connectivity index is 2.43. The van der Waals surface area contributed by atoms with Crippen LogP contribution in [-0.2, 0) is 0 Å². The molecule has 2 N–H and O–H groups in total. The number of furan rings is 1. The number of anilines is 1. The minimum Gasteiger partial charge on any atom is -0.478 e. The van der Waals surface area contributed by atoms with Gasteiger partial charge < -0.3 is 14.9 Å². The maximum absolute atomic E-state index is 5.67. The zero-order chi connectivity index (χ0) is 9.97. The van der Waals surface area contributed by atoms with Crippen LogP contribution in [0.15, 0.2) is 28.9 Å². The molecule has 0 saturated carbocycles. The molecule has 0 aliphatic heterocycles. The molecule has 2 heterocycles. The van der Waals surface area contributed by atoms with Gasteiger partial charge in [-0.3, -0.25) is 0 Å². The average Bonchev–Trinajstić information content (AvgIpc) is 2.70. The zero-order valence-corrected chi connectivity index (χ0v) is 7.60. The van der Waals surface area contributed by atoms with Crippen LogP contribution >= 0.6 is 0 Å². The molecule has 0 fully saturated rings. The van der Waals surface area contributed by atoms with Gasteiger partial charge in [0.1, 0.15) is 5.69 Å². The summed E-state index contributed by atoms with van der Waals surface area (Å²) in [5.74, 6) is 0.951. The van der Waals surface area contributed by atoms with Gasteiger partial charge in [0.25, 0.3) is 5.88 Å². The van der Waals surface area contributed by atoms with Crippen LogP contribution in [0.25, 0.3) is 11.5 Å². The van der Waals surface area contributed by atoms with E-state index in [2.05, 4.69) is 10.2 Å². The number of nitrogen functional groups attached to an aromatic ring is 1. The summed E-state index contributed by atoms with van der Waals surface area (Å²) in [6, 6.07) is 5.22. The molecule has 0 aliphatic carbocycles. The number of nitrogens with zero attached hydrogens (tertiary/aromatic N) is 2. The van der Waals surface area contributed by atoms with Crippen molar-refractivity contribution < 1.29 is 9.15 Å². The Morgan fingerprint density at radius 3 is 2.86 bits per heavy atom. The molecule has 0 atom stereocenters. The Morgan fingerprint density at radius 2 is 2.29 bits per heavy atom.